The standard InChI is InChI=1S/C10H20N4/c1-9(2)7(11-5)13-8(12-6)14-10(9,3)4/h1-6H3,(H2,11,12,13,14). The molecule has 1 heterocycles. The molecular formula is C10H20N4. The Bertz CT molecular complexity index is 286. The van der Waals surface area contributed by atoms with Gasteiger partial charge in [0.2, 0.25) is 5.96 Å². The van der Waals surface area contributed by atoms with Crippen LogP contribution in [0, 0.1) is 5.41 Å². The molecule has 4 heteroatoms. The maximum Gasteiger partial charge on any atom is 0.219 e. The fraction of sp³-hybridized carbons (Fsp3) is 0.800. The first-order valence-corrected chi connectivity index (χ1v) is 4.89. The summed E-state index contributed by atoms with van der Waals surface area (Å²) in [6.07, 6.45) is 0. The van der Waals surface area contributed by atoms with E-state index in [9.17, 15) is 0 Å². The van der Waals surface area contributed by atoms with Crippen LogP contribution < -0.4 is 10.6 Å². The van der Waals surface area contributed by atoms with Gasteiger partial charge in [-0.05, 0) is 13.8 Å². The van der Waals surface area contributed by atoms with Crippen LogP contribution >= 0.6 is 0 Å². The molecule has 2 N–H and O–H groups in total. The van der Waals surface area contributed by atoms with Crippen molar-refractivity contribution in [1.82, 2.24) is 10.6 Å². The summed E-state index contributed by atoms with van der Waals surface area (Å²) in [5, 5.41) is 6.13. The van der Waals surface area contributed by atoms with E-state index in [-0.39, 0.29) is 11.0 Å². The Hall–Kier alpha value is -1.06. The minimum atomic E-state index is -0.147. The molecular weight excluding hydrogens is 176 g/mol. The minimum absolute atomic E-state index is 0.0674. The molecule has 0 atom stereocenters. The van der Waals surface area contributed by atoms with Gasteiger partial charge in [-0.2, -0.15) is 0 Å². The Labute approximate surface area is 85.9 Å². The number of guanidine groups is 1. The van der Waals surface area contributed by atoms with E-state index in [0.717, 1.165) is 5.84 Å². The van der Waals surface area contributed by atoms with Crippen molar-refractivity contribution in [3.05, 3.63) is 0 Å². The van der Waals surface area contributed by atoms with Gasteiger partial charge in [-0.1, -0.05) is 13.8 Å². The number of rotatable bonds is 0. The predicted octanol–water partition coefficient (Wildman–Crippen LogP) is 0.998. The van der Waals surface area contributed by atoms with Gasteiger partial charge in [0.15, 0.2) is 0 Å². The summed E-state index contributed by atoms with van der Waals surface area (Å²) in [5.41, 5.74) is -0.215. The smallest absolute Gasteiger partial charge is 0.219 e. The third-order valence-corrected chi connectivity index (χ3v) is 3.19. The molecule has 0 amide bonds. The zero-order valence-electron chi connectivity index (χ0n) is 9.89. The van der Waals surface area contributed by atoms with E-state index in [4.69, 9.17) is 0 Å². The second-order valence-electron chi connectivity index (χ2n) is 4.58. The zero-order chi connectivity index (χ0) is 11.0. The van der Waals surface area contributed by atoms with Gasteiger partial charge < -0.3 is 10.6 Å². The summed E-state index contributed by atoms with van der Waals surface area (Å²) < 4.78 is 0. The van der Waals surface area contributed by atoms with Crippen molar-refractivity contribution in [2.24, 2.45) is 15.4 Å². The molecule has 14 heavy (non-hydrogen) atoms. The van der Waals surface area contributed by atoms with Crippen molar-refractivity contribution in [1.29, 1.82) is 0 Å². The Kier molecular flexibility index (Phi) is 2.56. The Morgan fingerprint density at radius 1 is 1.00 bits per heavy atom. The first-order chi connectivity index (χ1) is 6.35. The summed E-state index contributed by atoms with van der Waals surface area (Å²) in [4.78, 5) is 8.97. The van der Waals surface area contributed by atoms with Gasteiger partial charge in [-0.25, -0.2) is 9.98 Å². The molecule has 0 fully saturated rings. The Morgan fingerprint density at radius 3 is 2.00 bits per heavy atom. The normalized spacial score (nSPS) is 23.6. The van der Waals surface area contributed by atoms with Crippen LogP contribution in [0.4, 0.5) is 0 Å². The first-order valence-electron chi connectivity index (χ1n) is 4.89. The van der Waals surface area contributed by atoms with Crippen LogP contribution in [0.15, 0.2) is 9.98 Å². The van der Waals surface area contributed by atoms with E-state index < -0.39 is 0 Å². The van der Waals surface area contributed by atoms with Crippen LogP contribution in [0.25, 0.3) is 0 Å². The lowest BCUT2D eigenvalue weighted by molar-refractivity contribution is 0.289. The van der Waals surface area contributed by atoms with E-state index in [1.165, 1.54) is 0 Å². The van der Waals surface area contributed by atoms with Gasteiger partial charge in [0, 0.05) is 19.5 Å². The van der Waals surface area contributed by atoms with Gasteiger partial charge in [0.1, 0.15) is 5.84 Å². The number of nitrogens with zero attached hydrogens (tertiary/aromatic N) is 2. The molecule has 0 radical (unpaired) electrons. The van der Waals surface area contributed by atoms with E-state index in [0.29, 0.717) is 5.96 Å². The number of nitrogens with one attached hydrogen (secondary N) is 2. The highest BCUT2D eigenvalue weighted by molar-refractivity contribution is 6.01. The lowest BCUT2D eigenvalue weighted by Gasteiger charge is -2.41. The molecule has 0 aromatic rings. The quantitative estimate of drug-likeness (QED) is 0.607. The lowest BCUT2D eigenvalue weighted by Crippen LogP contribution is -2.52. The predicted molar refractivity (Wildman–Crippen MR) is 60.8 cm³/mol. The van der Waals surface area contributed by atoms with E-state index in [1.54, 1.807) is 0 Å². The van der Waals surface area contributed by atoms with Gasteiger partial charge in [-0.3, -0.25) is 0 Å². The van der Waals surface area contributed by atoms with Gasteiger partial charge in [0.05, 0.1) is 5.54 Å². The van der Waals surface area contributed by atoms with Crippen LogP contribution in [0.5, 0.6) is 0 Å². The van der Waals surface area contributed by atoms with Gasteiger partial charge in [-0.15, -0.1) is 0 Å². The molecule has 0 unspecified atom stereocenters. The Balaban J connectivity index is 3.17. The molecule has 0 aromatic heterocycles. The highest BCUT2D eigenvalue weighted by Crippen LogP contribution is 2.36. The van der Waals surface area contributed by atoms with Crippen LogP contribution in [0.3, 0.4) is 0 Å². The molecule has 0 saturated carbocycles. The fourth-order valence-corrected chi connectivity index (χ4v) is 1.45. The second-order valence-corrected chi connectivity index (χ2v) is 4.58. The average Bonchev–Trinajstić information content (AvgIpc) is 2.09. The summed E-state index contributed by atoms with van der Waals surface area (Å²) >= 11 is 0. The second kappa shape index (κ2) is 3.26. The molecule has 1 aliphatic heterocycles. The molecule has 0 aromatic carbocycles. The first kappa shape index (κ1) is 11.0. The molecule has 0 spiro atoms. The number of hydrogen-bond acceptors (Lipinski definition) is 4. The van der Waals surface area contributed by atoms with E-state index in [2.05, 4.69) is 48.3 Å². The van der Waals surface area contributed by atoms with Crippen molar-refractivity contribution in [2.75, 3.05) is 14.1 Å². The number of hydrogen-bond donors (Lipinski definition) is 2. The molecule has 4 nitrogen and oxygen atoms in total. The summed E-state index contributed by atoms with van der Waals surface area (Å²) in [7, 11) is 3.74. The largest absolute Gasteiger partial charge is 0.376 e. The molecule has 0 bridgehead atoms. The maximum atomic E-state index is 4.56. The van der Waals surface area contributed by atoms with Crippen molar-refractivity contribution >= 4 is 11.8 Å². The molecule has 1 rings (SSSR count). The maximum absolute atomic E-state index is 4.56. The SMILES string of the molecule is CNC1=NC(C)(C)C(C)(C)C(NC)=N1. The van der Waals surface area contributed by atoms with Crippen molar-refractivity contribution in [2.45, 2.75) is 33.2 Å². The molecule has 80 valence electrons. The van der Waals surface area contributed by atoms with Crippen molar-refractivity contribution in [3.63, 3.8) is 0 Å². The minimum Gasteiger partial charge on any atom is -0.376 e. The third kappa shape index (κ3) is 1.49. The summed E-state index contributed by atoms with van der Waals surface area (Å²) in [5.74, 6) is 1.67. The fourth-order valence-electron chi connectivity index (χ4n) is 1.45. The van der Waals surface area contributed by atoms with Crippen molar-refractivity contribution in [3.8, 4) is 0 Å². The zero-order valence-corrected chi connectivity index (χ0v) is 9.89. The topological polar surface area (TPSA) is 48.8 Å². The Morgan fingerprint density at radius 2 is 1.57 bits per heavy atom. The van der Waals surface area contributed by atoms with Gasteiger partial charge in [0.25, 0.3) is 0 Å². The van der Waals surface area contributed by atoms with E-state index in [1.807, 2.05) is 14.1 Å². The lowest BCUT2D eigenvalue weighted by atomic mass is 9.73. The van der Waals surface area contributed by atoms with Crippen LogP contribution in [-0.4, -0.2) is 31.4 Å². The van der Waals surface area contributed by atoms with E-state index >= 15 is 0 Å². The highest BCUT2D eigenvalue weighted by Gasteiger charge is 2.43. The van der Waals surface area contributed by atoms with Crippen LogP contribution in [-0.2, 0) is 0 Å². The van der Waals surface area contributed by atoms with Crippen LogP contribution in [0.2, 0.25) is 0 Å². The number of amidine groups is 1. The highest BCUT2D eigenvalue weighted by atomic mass is 15.2. The monoisotopic (exact) mass is 196 g/mol. The number of aliphatic imine (C=N–C) groups is 2. The molecule has 0 aliphatic carbocycles. The van der Waals surface area contributed by atoms with Crippen LogP contribution in [0.1, 0.15) is 27.7 Å². The summed E-state index contributed by atoms with van der Waals surface area (Å²) in [6.45, 7) is 8.54. The van der Waals surface area contributed by atoms with Gasteiger partial charge >= 0.3 is 0 Å². The average molecular weight is 196 g/mol. The third-order valence-electron chi connectivity index (χ3n) is 3.19. The van der Waals surface area contributed by atoms with Crippen molar-refractivity contribution < 1.29 is 0 Å². The summed E-state index contributed by atoms with van der Waals surface area (Å²) in [6, 6.07) is 0. The molecule has 0 saturated heterocycles. The molecule has 1 aliphatic rings.